The SMILES string of the molecule is N[C@H](C(=O)O)[C@@H]1CC(Cl)=CO1. The topological polar surface area (TPSA) is 72.6 Å². The average Bonchev–Trinajstić information content (AvgIpc) is 2.34. The zero-order chi connectivity index (χ0) is 8.43. The second-order valence-electron chi connectivity index (χ2n) is 2.31. The maximum atomic E-state index is 10.3. The second-order valence-corrected chi connectivity index (χ2v) is 2.79. The number of aliphatic carboxylic acids is 1. The first-order valence-corrected chi connectivity index (χ1v) is 3.47. The van der Waals surface area contributed by atoms with Gasteiger partial charge in [0.1, 0.15) is 12.1 Å². The highest BCUT2D eigenvalue weighted by atomic mass is 35.5. The molecule has 0 spiro atoms. The van der Waals surface area contributed by atoms with E-state index in [2.05, 4.69) is 0 Å². The van der Waals surface area contributed by atoms with E-state index in [1.165, 1.54) is 6.26 Å². The third-order valence-electron chi connectivity index (χ3n) is 1.45. The molecule has 0 aliphatic carbocycles. The molecular formula is C6H8ClNO3. The molecule has 0 aromatic carbocycles. The highest BCUT2D eigenvalue weighted by molar-refractivity contribution is 6.29. The molecule has 1 heterocycles. The molecule has 0 aromatic heterocycles. The van der Waals surface area contributed by atoms with Gasteiger partial charge in [-0.3, -0.25) is 4.79 Å². The van der Waals surface area contributed by atoms with Gasteiger partial charge in [0.2, 0.25) is 0 Å². The fourth-order valence-electron chi connectivity index (χ4n) is 0.820. The van der Waals surface area contributed by atoms with E-state index in [1.54, 1.807) is 0 Å². The van der Waals surface area contributed by atoms with Crippen molar-refractivity contribution in [2.45, 2.75) is 18.6 Å². The molecule has 62 valence electrons. The minimum absolute atomic E-state index is 0.384. The summed E-state index contributed by atoms with van der Waals surface area (Å²) in [5.41, 5.74) is 5.27. The lowest BCUT2D eigenvalue weighted by molar-refractivity contribution is -0.141. The van der Waals surface area contributed by atoms with Crippen LogP contribution in [-0.2, 0) is 9.53 Å². The predicted octanol–water partition coefficient (Wildman–Crippen LogP) is 0.267. The second kappa shape index (κ2) is 3.11. The van der Waals surface area contributed by atoms with E-state index in [0.29, 0.717) is 11.5 Å². The minimum Gasteiger partial charge on any atom is -0.494 e. The number of hydrogen-bond acceptors (Lipinski definition) is 3. The number of ether oxygens (including phenoxy) is 1. The van der Waals surface area contributed by atoms with Crippen molar-refractivity contribution in [1.29, 1.82) is 0 Å². The molecule has 0 aromatic rings. The number of hydrogen-bond donors (Lipinski definition) is 2. The summed E-state index contributed by atoms with van der Waals surface area (Å²) in [5, 5.41) is 8.96. The number of carbonyl (C=O) groups is 1. The third-order valence-corrected chi connectivity index (χ3v) is 1.70. The van der Waals surface area contributed by atoms with Crippen LogP contribution in [0.25, 0.3) is 0 Å². The lowest BCUT2D eigenvalue weighted by atomic mass is 10.1. The van der Waals surface area contributed by atoms with E-state index < -0.39 is 18.1 Å². The van der Waals surface area contributed by atoms with Crippen molar-refractivity contribution in [2.24, 2.45) is 5.73 Å². The molecule has 0 bridgehead atoms. The zero-order valence-electron chi connectivity index (χ0n) is 5.66. The van der Waals surface area contributed by atoms with Gasteiger partial charge < -0.3 is 15.6 Å². The quantitative estimate of drug-likeness (QED) is 0.635. The maximum absolute atomic E-state index is 10.3. The minimum atomic E-state index is -1.07. The first-order chi connectivity index (χ1) is 5.11. The molecule has 4 nitrogen and oxygen atoms in total. The summed E-state index contributed by atoms with van der Waals surface area (Å²) >= 11 is 5.54. The van der Waals surface area contributed by atoms with Gasteiger partial charge in [-0.15, -0.1) is 0 Å². The van der Waals surface area contributed by atoms with Crippen molar-refractivity contribution in [3.05, 3.63) is 11.3 Å². The van der Waals surface area contributed by atoms with E-state index in [4.69, 9.17) is 27.2 Å². The summed E-state index contributed by atoms with van der Waals surface area (Å²) in [6, 6.07) is -0.998. The molecule has 0 amide bonds. The highest BCUT2D eigenvalue weighted by Crippen LogP contribution is 2.22. The summed E-state index contributed by atoms with van der Waals surface area (Å²) in [7, 11) is 0. The molecule has 0 fully saturated rings. The summed E-state index contributed by atoms with van der Waals surface area (Å²) in [4.78, 5) is 10.3. The molecule has 0 unspecified atom stereocenters. The number of rotatable bonds is 2. The molecule has 2 atom stereocenters. The Labute approximate surface area is 68.6 Å². The van der Waals surface area contributed by atoms with Crippen LogP contribution < -0.4 is 5.73 Å². The van der Waals surface area contributed by atoms with Gasteiger partial charge in [-0.25, -0.2) is 0 Å². The monoisotopic (exact) mass is 177 g/mol. The smallest absolute Gasteiger partial charge is 0.324 e. The number of carboxylic acids is 1. The molecule has 5 heteroatoms. The normalized spacial score (nSPS) is 25.6. The molecule has 1 aliphatic heterocycles. The summed E-state index contributed by atoms with van der Waals surface area (Å²) < 4.78 is 4.89. The van der Waals surface area contributed by atoms with Gasteiger partial charge in [0.05, 0.1) is 11.3 Å². The van der Waals surface area contributed by atoms with E-state index in [0.717, 1.165) is 0 Å². The van der Waals surface area contributed by atoms with Crippen LogP contribution in [-0.4, -0.2) is 23.2 Å². The fraction of sp³-hybridized carbons (Fsp3) is 0.500. The van der Waals surface area contributed by atoms with Crippen LogP contribution in [0.3, 0.4) is 0 Å². The summed E-state index contributed by atoms with van der Waals surface area (Å²) in [5.74, 6) is -1.07. The van der Waals surface area contributed by atoms with Crippen molar-refractivity contribution in [3.8, 4) is 0 Å². The van der Waals surface area contributed by atoms with Gasteiger partial charge in [-0.2, -0.15) is 0 Å². The molecule has 11 heavy (non-hydrogen) atoms. The zero-order valence-corrected chi connectivity index (χ0v) is 6.41. The summed E-state index contributed by atoms with van der Waals surface area (Å²) in [6.45, 7) is 0. The Bertz CT molecular complexity index is 204. The maximum Gasteiger partial charge on any atom is 0.324 e. The molecule has 0 radical (unpaired) electrons. The molecule has 1 rings (SSSR count). The Hall–Kier alpha value is -0.740. The van der Waals surface area contributed by atoms with Crippen LogP contribution in [0.2, 0.25) is 0 Å². The standard InChI is InChI=1S/C6H8ClNO3/c7-3-1-4(11-2-3)5(8)6(9)10/h2,4-5H,1,8H2,(H,9,10)/t4-,5-/m0/s1. The van der Waals surface area contributed by atoms with E-state index >= 15 is 0 Å². The van der Waals surface area contributed by atoms with Gasteiger partial charge >= 0.3 is 5.97 Å². The first kappa shape index (κ1) is 8.36. The highest BCUT2D eigenvalue weighted by Gasteiger charge is 2.29. The van der Waals surface area contributed by atoms with E-state index in [-0.39, 0.29) is 0 Å². The molecular weight excluding hydrogens is 170 g/mol. The predicted molar refractivity (Wildman–Crippen MR) is 39.0 cm³/mol. The van der Waals surface area contributed by atoms with Crippen LogP contribution in [0, 0.1) is 0 Å². The molecule has 0 saturated carbocycles. The average molecular weight is 178 g/mol. The largest absolute Gasteiger partial charge is 0.494 e. The number of nitrogens with two attached hydrogens (primary N) is 1. The van der Waals surface area contributed by atoms with Gasteiger partial charge in [0.15, 0.2) is 0 Å². The fourth-order valence-corrected chi connectivity index (χ4v) is 1.02. The van der Waals surface area contributed by atoms with Crippen LogP contribution in [0.4, 0.5) is 0 Å². The lowest BCUT2D eigenvalue weighted by Crippen LogP contribution is -2.41. The number of halogens is 1. The lowest BCUT2D eigenvalue weighted by Gasteiger charge is -2.13. The van der Waals surface area contributed by atoms with Gasteiger partial charge in [0.25, 0.3) is 0 Å². The Balaban J connectivity index is 2.47. The summed E-state index contributed by atoms with van der Waals surface area (Å²) in [6.07, 6.45) is 1.20. The van der Waals surface area contributed by atoms with Crippen molar-refractivity contribution in [2.75, 3.05) is 0 Å². The van der Waals surface area contributed by atoms with Gasteiger partial charge in [0, 0.05) is 6.42 Å². The van der Waals surface area contributed by atoms with Gasteiger partial charge in [-0.1, -0.05) is 11.6 Å². The Morgan fingerprint density at radius 2 is 2.64 bits per heavy atom. The Morgan fingerprint density at radius 1 is 2.00 bits per heavy atom. The van der Waals surface area contributed by atoms with E-state index in [9.17, 15) is 4.79 Å². The van der Waals surface area contributed by atoms with Crippen molar-refractivity contribution in [3.63, 3.8) is 0 Å². The van der Waals surface area contributed by atoms with Crippen LogP contribution in [0.1, 0.15) is 6.42 Å². The van der Waals surface area contributed by atoms with Crippen molar-refractivity contribution >= 4 is 17.6 Å². The first-order valence-electron chi connectivity index (χ1n) is 3.09. The Morgan fingerprint density at radius 3 is 3.00 bits per heavy atom. The molecule has 0 saturated heterocycles. The number of carboxylic acid groups (broad SMARTS) is 1. The third kappa shape index (κ3) is 1.85. The van der Waals surface area contributed by atoms with Crippen LogP contribution >= 0.6 is 11.6 Å². The molecule has 3 N–H and O–H groups in total. The van der Waals surface area contributed by atoms with Gasteiger partial charge in [-0.05, 0) is 0 Å². The van der Waals surface area contributed by atoms with Crippen LogP contribution in [0.5, 0.6) is 0 Å². The Kier molecular flexibility index (Phi) is 2.36. The molecule has 1 aliphatic rings. The van der Waals surface area contributed by atoms with E-state index in [1.807, 2.05) is 0 Å². The van der Waals surface area contributed by atoms with Crippen molar-refractivity contribution < 1.29 is 14.6 Å². The van der Waals surface area contributed by atoms with Crippen LogP contribution in [0.15, 0.2) is 11.3 Å². The van der Waals surface area contributed by atoms with Crippen molar-refractivity contribution in [1.82, 2.24) is 0 Å².